The van der Waals surface area contributed by atoms with Crippen molar-refractivity contribution >= 4 is 5.91 Å². The number of nitrogens with one attached hydrogen (secondary N) is 1. The molecule has 0 fully saturated rings. The van der Waals surface area contributed by atoms with Crippen molar-refractivity contribution in [1.29, 1.82) is 0 Å². The predicted octanol–water partition coefficient (Wildman–Crippen LogP) is 0.611. The third kappa shape index (κ3) is 10.2. The molecule has 0 spiro atoms. The molecule has 0 heterocycles. The van der Waals surface area contributed by atoms with Crippen LogP contribution in [0.4, 0.5) is 0 Å². The number of rotatable bonds is 7. The molecular weight excluding hydrogens is 220 g/mol. The number of hydrogen-bond donors (Lipinski definition) is 3. The number of ether oxygens (including phenoxy) is 1. The highest BCUT2D eigenvalue weighted by Gasteiger charge is 2.25. The van der Waals surface area contributed by atoms with E-state index in [1.54, 1.807) is 13.8 Å². The smallest absolute Gasteiger partial charge is 0.220 e. The van der Waals surface area contributed by atoms with Crippen LogP contribution in [0.1, 0.15) is 41.0 Å². The molecule has 0 saturated heterocycles. The number of carbonyl (C=O) groups excluding carboxylic acids is 1. The second-order valence-corrected chi connectivity index (χ2v) is 5.86. The van der Waals surface area contributed by atoms with Gasteiger partial charge in [0.05, 0.1) is 6.61 Å². The lowest BCUT2D eigenvalue weighted by atomic mass is 9.90. The molecule has 4 N–H and O–H groups in total. The SMILES string of the molecule is C[C@H](N)CNC(=O)CC(C)(C)COC(C)(C)O. The van der Waals surface area contributed by atoms with Crippen LogP contribution < -0.4 is 11.1 Å². The van der Waals surface area contributed by atoms with E-state index in [4.69, 9.17) is 10.5 Å². The Balaban J connectivity index is 4.03. The normalized spacial score (nSPS) is 14.5. The van der Waals surface area contributed by atoms with Crippen LogP contribution in [-0.4, -0.2) is 36.0 Å². The van der Waals surface area contributed by atoms with E-state index < -0.39 is 5.79 Å². The molecule has 102 valence electrons. The van der Waals surface area contributed by atoms with E-state index in [2.05, 4.69) is 5.32 Å². The van der Waals surface area contributed by atoms with Crippen LogP contribution in [0.15, 0.2) is 0 Å². The van der Waals surface area contributed by atoms with Gasteiger partial charge in [0.2, 0.25) is 5.91 Å². The van der Waals surface area contributed by atoms with Gasteiger partial charge in [-0.25, -0.2) is 0 Å². The maximum absolute atomic E-state index is 11.6. The van der Waals surface area contributed by atoms with Crippen LogP contribution in [0.3, 0.4) is 0 Å². The fourth-order valence-electron chi connectivity index (χ4n) is 1.19. The van der Waals surface area contributed by atoms with Crippen molar-refractivity contribution in [3.63, 3.8) is 0 Å². The molecular formula is C12H26N2O3. The van der Waals surface area contributed by atoms with Gasteiger partial charge in [-0.2, -0.15) is 0 Å². The van der Waals surface area contributed by atoms with Gasteiger partial charge in [-0.3, -0.25) is 4.79 Å². The first kappa shape index (κ1) is 16.4. The minimum absolute atomic E-state index is 0.0466. The highest BCUT2D eigenvalue weighted by Crippen LogP contribution is 2.22. The minimum Gasteiger partial charge on any atom is -0.366 e. The first-order valence-electron chi connectivity index (χ1n) is 5.90. The second-order valence-electron chi connectivity index (χ2n) is 5.86. The van der Waals surface area contributed by atoms with Crippen molar-refractivity contribution in [3.8, 4) is 0 Å². The number of carbonyl (C=O) groups is 1. The molecule has 0 bridgehead atoms. The summed E-state index contributed by atoms with van der Waals surface area (Å²) in [4.78, 5) is 11.6. The first-order chi connectivity index (χ1) is 7.52. The summed E-state index contributed by atoms with van der Waals surface area (Å²) in [5, 5.41) is 12.2. The molecule has 0 radical (unpaired) electrons. The molecule has 0 saturated carbocycles. The van der Waals surface area contributed by atoms with E-state index in [1.165, 1.54) is 0 Å². The molecule has 0 unspecified atom stereocenters. The average molecular weight is 246 g/mol. The highest BCUT2D eigenvalue weighted by atomic mass is 16.6. The van der Waals surface area contributed by atoms with E-state index in [9.17, 15) is 9.90 Å². The number of amides is 1. The van der Waals surface area contributed by atoms with E-state index in [0.717, 1.165) is 0 Å². The molecule has 0 aliphatic carbocycles. The standard InChI is InChI=1S/C12H26N2O3/c1-9(13)7-14-10(15)6-11(2,3)8-17-12(4,5)16/h9,16H,6-8,13H2,1-5H3,(H,14,15)/t9-/m0/s1. The van der Waals surface area contributed by atoms with Crippen LogP contribution in [0.5, 0.6) is 0 Å². The topological polar surface area (TPSA) is 84.6 Å². The van der Waals surface area contributed by atoms with Crippen molar-refractivity contribution < 1.29 is 14.6 Å². The maximum atomic E-state index is 11.6. The summed E-state index contributed by atoms with van der Waals surface area (Å²) >= 11 is 0. The number of nitrogens with two attached hydrogens (primary N) is 1. The largest absolute Gasteiger partial charge is 0.366 e. The van der Waals surface area contributed by atoms with Crippen molar-refractivity contribution in [2.24, 2.45) is 11.1 Å². The number of aliphatic hydroxyl groups is 1. The lowest BCUT2D eigenvalue weighted by molar-refractivity contribution is -0.192. The van der Waals surface area contributed by atoms with E-state index in [0.29, 0.717) is 19.6 Å². The summed E-state index contributed by atoms with van der Waals surface area (Å²) in [6.45, 7) is 9.61. The molecule has 0 rings (SSSR count). The Kier molecular flexibility index (Phi) is 6.09. The Morgan fingerprint density at radius 2 is 1.94 bits per heavy atom. The van der Waals surface area contributed by atoms with Gasteiger partial charge in [0.1, 0.15) is 0 Å². The zero-order valence-electron chi connectivity index (χ0n) is 11.5. The summed E-state index contributed by atoms with van der Waals surface area (Å²) in [5.41, 5.74) is 5.23. The van der Waals surface area contributed by atoms with Gasteiger partial charge in [0.25, 0.3) is 0 Å². The van der Waals surface area contributed by atoms with E-state index >= 15 is 0 Å². The summed E-state index contributed by atoms with van der Waals surface area (Å²) < 4.78 is 5.27. The number of hydrogen-bond acceptors (Lipinski definition) is 4. The summed E-state index contributed by atoms with van der Waals surface area (Å²) in [5.74, 6) is -1.22. The average Bonchev–Trinajstić information content (AvgIpc) is 2.10. The molecule has 0 aromatic heterocycles. The molecule has 1 amide bonds. The van der Waals surface area contributed by atoms with Crippen LogP contribution in [0.2, 0.25) is 0 Å². The Labute approximate surface area is 104 Å². The molecule has 0 aromatic rings. The predicted molar refractivity (Wildman–Crippen MR) is 67.3 cm³/mol. The Hall–Kier alpha value is -0.650. The first-order valence-corrected chi connectivity index (χ1v) is 5.90. The second kappa shape index (κ2) is 6.33. The van der Waals surface area contributed by atoms with Crippen LogP contribution in [-0.2, 0) is 9.53 Å². The van der Waals surface area contributed by atoms with Gasteiger partial charge in [0, 0.05) is 19.0 Å². The molecule has 17 heavy (non-hydrogen) atoms. The summed E-state index contributed by atoms with van der Waals surface area (Å²) in [6, 6.07) is -0.0466. The van der Waals surface area contributed by atoms with E-state index in [-0.39, 0.29) is 17.4 Å². The quantitative estimate of drug-likeness (QED) is 0.575. The monoisotopic (exact) mass is 246 g/mol. The lowest BCUT2D eigenvalue weighted by Crippen LogP contribution is -2.38. The van der Waals surface area contributed by atoms with Crippen LogP contribution in [0.25, 0.3) is 0 Å². The molecule has 0 aliphatic rings. The van der Waals surface area contributed by atoms with Gasteiger partial charge >= 0.3 is 0 Å². The lowest BCUT2D eigenvalue weighted by Gasteiger charge is -2.28. The summed E-state index contributed by atoms with van der Waals surface area (Å²) in [7, 11) is 0. The van der Waals surface area contributed by atoms with Gasteiger partial charge in [-0.05, 0) is 26.2 Å². The van der Waals surface area contributed by atoms with E-state index in [1.807, 2.05) is 20.8 Å². The summed E-state index contributed by atoms with van der Waals surface area (Å²) in [6.07, 6.45) is 0.343. The Morgan fingerprint density at radius 1 is 1.41 bits per heavy atom. The third-order valence-electron chi connectivity index (χ3n) is 2.08. The molecule has 5 heteroatoms. The van der Waals surface area contributed by atoms with Crippen molar-refractivity contribution in [2.75, 3.05) is 13.2 Å². The fraction of sp³-hybridized carbons (Fsp3) is 0.917. The van der Waals surface area contributed by atoms with Gasteiger partial charge in [0.15, 0.2) is 5.79 Å². The minimum atomic E-state index is -1.17. The maximum Gasteiger partial charge on any atom is 0.220 e. The Bertz CT molecular complexity index is 245. The zero-order valence-corrected chi connectivity index (χ0v) is 11.5. The van der Waals surface area contributed by atoms with Gasteiger partial charge < -0.3 is 20.9 Å². The molecule has 5 nitrogen and oxygen atoms in total. The zero-order chi connectivity index (χ0) is 13.7. The van der Waals surface area contributed by atoms with Crippen molar-refractivity contribution in [1.82, 2.24) is 5.32 Å². The van der Waals surface area contributed by atoms with Gasteiger partial charge in [-0.1, -0.05) is 13.8 Å². The Morgan fingerprint density at radius 3 is 2.35 bits per heavy atom. The van der Waals surface area contributed by atoms with Crippen LogP contribution in [0, 0.1) is 5.41 Å². The molecule has 1 atom stereocenters. The van der Waals surface area contributed by atoms with Crippen molar-refractivity contribution in [2.45, 2.75) is 52.9 Å². The third-order valence-corrected chi connectivity index (χ3v) is 2.08. The fourth-order valence-corrected chi connectivity index (χ4v) is 1.19. The van der Waals surface area contributed by atoms with Crippen LogP contribution >= 0.6 is 0 Å². The van der Waals surface area contributed by atoms with Crippen molar-refractivity contribution in [3.05, 3.63) is 0 Å². The highest BCUT2D eigenvalue weighted by molar-refractivity contribution is 5.76. The molecule has 0 aromatic carbocycles. The van der Waals surface area contributed by atoms with Gasteiger partial charge in [-0.15, -0.1) is 0 Å². The molecule has 0 aliphatic heterocycles.